The topological polar surface area (TPSA) is 102 Å². The Hall–Kier alpha value is -1.45. The average Bonchev–Trinajstić information content (AvgIpc) is 2.67. The van der Waals surface area contributed by atoms with E-state index < -0.39 is 10.1 Å². The molecule has 0 bridgehead atoms. The number of oxazole rings is 1. The summed E-state index contributed by atoms with van der Waals surface area (Å²) in [6.45, 7) is 1.60. The van der Waals surface area contributed by atoms with Gasteiger partial charge in [-0.05, 0) is 13.0 Å². The molecule has 3 rings (SSSR count). The summed E-state index contributed by atoms with van der Waals surface area (Å²) in [6.07, 6.45) is 2.78. The number of carbonyl (C=O) groups is 1. The number of anilines is 1. The molecule has 0 aromatic carbocycles. The molecular weight excluding hydrogens is 286 g/mol. The lowest BCUT2D eigenvalue weighted by Gasteiger charge is -2.36. The molecule has 2 aliphatic heterocycles. The van der Waals surface area contributed by atoms with Gasteiger partial charge in [0.2, 0.25) is 5.78 Å². The normalized spacial score (nSPS) is 23.2. The maximum Gasteiger partial charge on any atom is 0.298 e. The minimum absolute atomic E-state index is 0.0734. The summed E-state index contributed by atoms with van der Waals surface area (Å²) in [4.78, 5) is 17.8. The van der Waals surface area contributed by atoms with E-state index in [4.69, 9.17) is 8.60 Å². The first kappa shape index (κ1) is 13.5. The number of rotatable bonds is 5. The molecule has 110 valence electrons. The third kappa shape index (κ3) is 2.69. The van der Waals surface area contributed by atoms with E-state index in [1.165, 1.54) is 6.26 Å². The first-order valence-corrected chi connectivity index (χ1v) is 8.10. The van der Waals surface area contributed by atoms with E-state index in [-0.39, 0.29) is 17.9 Å². The summed E-state index contributed by atoms with van der Waals surface area (Å²) in [6, 6.07) is 0.159. The molecule has 1 N–H and O–H groups in total. The summed E-state index contributed by atoms with van der Waals surface area (Å²) < 4.78 is 32.0. The van der Waals surface area contributed by atoms with Crippen molar-refractivity contribution in [3.8, 4) is 0 Å². The lowest BCUT2D eigenvalue weighted by molar-refractivity contribution is 0.0899. The van der Waals surface area contributed by atoms with Crippen molar-refractivity contribution in [1.29, 1.82) is 0 Å². The van der Waals surface area contributed by atoms with Crippen molar-refractivity contribution in [2.45, 2.75) is 18.6 Å². The van der Waals surface area contributed by atoms with Crippen LogP contribution in [0, 0.1) is 0 Å². The number of carbonyl (C=O) groups excluding carboxylic acids is 1. The minimum atomic E-state index is -3.45. The number of aromatic nitrogens is 1. The molecule has 1 aromatic rings. The van der Waals surface area contributed by atoms with E-state index in [1.807, 2.05) is 0 Å². The van der Waals surface area contributed by atoms with Crippen LogP contribution >= 0.6 is 0 Å². The first-order chi connectivity index (χ1) is 9.42. The summed E-state index contributed by atoms with van der Waals surface area (Å²) in [5.41, 5.74) is 0.296. The van der Waals surface area contributed by atoms with Crippen molar-refractivity contribution < 1.29 is 21.8 Å². The highest BCUT2D eigenvalue weighted by atomic mass is 32.2. The molecular formula is C11H15N3O5S. The largest absolute Gasteiger partial charge is 0.431 e. The summed E-state index contributed by atoms with van der Waals surface area (Å²) in [7, 11) is -3.45. The van der Waals surface area contributed by atoms with Gasteiger partial charge >= 0.3 is 0 Å². The van der Waals surface area contributed by atoms with E-state index in [0.29, 0.717) is 24.8 Å². The highest BCUT2D eigenvalue weighted by molar-refractivity contribution is 7.86. The van der Waals surface area contributed by atoms with Gasteiger partial charge in [-0.2, -0.15) is 13.4 Å². The molecule has 0 saturated carbocycles. The lowest BCUT2D eigenvalue weighted by atomic mass is 10.0. The van der Waals surface area contributed by atoms with Gasteiger partial charge in [0.25, 0.3) is 16.1 Å². The quantitative estimate of drug-likeness (QED) is 0.567. The van der Waals surface area contributed by atoms with Crippen LogP contribution < -0.4 is 10.2 Å². The Balaban J connectivity index is 1.57. The van der Waals surface area contributed by atoms with Crippen LogP contribution in [0.2, 0.25) is 0 Å². The number of hydrogen-bond donors (Lipinski definition) is 1. The van der Waals surface area contributed by atoms with Gasteiger partial charge in [0.05, 0.1) is 25.4 Å². The molecule has 1 aromatic heterocycles. The van der Waals surface area contributed by atoms with Crippen molar-refractivity contribution in [3.63, 3.8) is 0 Å². The van der Waals surface area contributed by atoms with Gasteiger partial charge < -0.3 is 14.6 Å². The van der Waals surface area contributed by atoms with Gasteiger partial charge in [-0.1, -0.05) is 0 Å². The zero-order chi connectivity index (χ0) is 14.3. The molecule has 20 heavy (non-hydrogen) atoms. The molecule has 8 nitrogen and oxygen atoms in total. The standard InChI is InChI=1S/C11H15N3O5S/c1-20(16,17)19-7-4-14(5-7)11-13-9(6-18-11)10(15)8-2-3-12-8/h6-8,12H,2-5H2,1H3. The maximum absolute atomic E-state index is 11.9. The summed E-state index contributed by atoms with van der Waals surface area (Å²) >= 11 is 0. The van der Waals surface area contributed by atoms with E-state index in [9.17, 15) is 13.2 Å². The minimum Gasteiger partial charge on any atom is -0.431 e. The third-order valence-corrected chi connectivity index (χ3v) is 3.94. The van der Waals surface area contributed by atoms with Crippen LogP contribution in [0.5, 0.6) is 0 Å². The number of nitrogens with zero attached hydrogens (tertiary/aromatic N) is 2. The third-order valence-electron chi connectivity index (χ3n) is 3.31. The van der Waals surface area contributed by atoms with Crippen LogP contribution in [-0.4, -0.2) is 57.2 Å². The maximum atomic E-state index is 11.9. The zero-order valence-electron chi connectivity index (χ0n) is 10.9. The Morgan fingerprint density at radius 3 is 2.80 bits per heavy atom. The molecule has 0 radical (unpaired) electrons. The molecule has 2 saturated heterocycles. The van der Waals surface area contributed by atoms with Crippen LogP contribution in [0.25, 0.3) is 0 Å². The lowest BCUT2D eigenvalue weighted by Crippen LogP contribution is -2.53. The fraction of sp³-hybridized carbons (Fsp3) is 0.636. The molecule has 0 amide bonds. The van der Waals surface area contributed by atoms with E-state index >= 15 is 0 Å². The molecule has 3 heterocycles. The second-order valence-corrected chi connectivity index (χ2v) is 6.60. The van der Waals surface area contributed by atoms with Gasteiger partial charge in [0.1, 0.15) is 18.1 Å². The first-order valence-electron chi connectivity index (χ1n) is 6.29. The molecule has 0 spiro atoms. The Bertz CT molecular complexity index is 616. The van der Waals surface area contributed by atoms with Crippen LogP contribution in [0.15, 0.2) is 10.7 Å². The van der Waals surface area contributed by atoms with Crippen molar-refractivity contribution in [2.75, 3.05) is 30.8 Å². The fourth-order valence-electron chi connectivity index (χ4n) is 2.12. The Morgan fingerprint density at radius 1 is 1.55 bits per heavy atom. The highest BCUT2D eigenvalue weighted by Crippen LogP contribution is 2.23. The fourth-order valence-corrected chi connectivity index (χ4v) is 2.73. The highest BCUT2D eigenvalue weighted by Gasteiger charge is 2.34. The summed E-state index contributed by atoms with van der Waals surface area (Å²) in [5, 5.41) is 3.01. The molecule has 0 aliphatic carbocycles. The second-order valence-electron chi connectivity index (χ2n) is 5.00. The van der Waals surface area contributed by atoms with Gasteiger partial charge in [-0.25, -0.2) is 0 Å². The van der Waals surface area contributed by atoms with E-state index in [1.54, 1.807) is 4.90 Å². The second kappa shape index (κ2) is 4.83. The number of hydrogen-bond acceptors (Lipinski definition) is 8. The van der Waals surface area contributed by atoms with Crippen molar-refractivity contribution in [3.05, 3.63) is 12.0 Å². The van der Waals surface area contributed by atoms with Crippen LogP contribution in [-0.2, 0) is 14.3 Å². The van der Waals surface area contributed by atoms with Gasteiger partial charge in [-0.15, -0.1) is 0 Å². The van der Waals surface area contributed by atoms with Crippen LogP contribution in [0.4, 0.5) is 6.01 Å². The van der Waals surface area contributed by atoms with E-state index in [0.717, 1.165) is 19.2 Å². The molecule has 1 unspecified atom stereocenters. The Kier molecular flexibility index (Phi) is 3.27. The molecule has 1 atom stereocenters. The number of ketones is 1. The number of nitrogens with one attached hydrogen (secondary N) is 1. The molecule has 9 heteroatoms. The SMILES string of the molecule is CS(=O)(=O)OC1CN(c2nc(C(=O)C3CCN3)co2)C1. The smallest absolute Gasteiger partial charge is 0.298 e. The van der Waals surface area contributed by atoms with Gasteiger partial charge in [0.15, 0.2) is 0 Å². The Morgan fingerprint density at radius 2 is 2.25 bits per heavy atom. The van der Waals surface area contributed by atoms with Crippen LogP contribution in [0.3, 0.4) is 0 Å². The monoisotopic (exact) mass is 301 g/mol. The average molecular weight is 301 g/mol. The van der Waals surface area contributed by atoms with Crippen molar-refractivity contribution >= 4 is 21.9 Å². The van der Waals surface area contributed by atoms with Crippen molar-refractivity contribution in [1.82, 2.24) is 10.3 Å². The predicted molar refractivity (Wildman–Crippen MR) is 69.2 cm³/mol. The van der Waals surface area contributed by atoms with E-state index in [2.05, 4.69) is 10.3 Å². The van der Waals surface area contributed by atoms with Crippen LogP contribution in [0.1, 0.15) is 16.9 Å². The Labute approximate surface area is 116 Å². The zero-order valence-corrected chi connectivity index (χ0v) is 11.7. The van der Waals surface area contributed by atoms with Gasteiger partial charge in [-0.3, -0.25) is 8.98 Å². The number of Topliss-reactive ketones (excluding diaryl/α,β-unsaturated/α-hetero) is 1. The molecule has 2 aliphatic rings. The van der Waals surface area contributed by atoms with Gasteiger partial charge in [0, 0.05) is 0 Å². The molecule has 2 fully saturated rings. The predicted octanol–water partition coefficient (Wildman–Crippen LogP) is -0.616. The summed E-state index contributed by atoms with van der Waals surface area (Å²) in [5.74, 6) is -0.0734. The van der Waals surface area contributed by atoms with Crippen molar-refractivity contribution in [2.24, 2.45) is 0 Å².